The molecule has 0 bridgehead atoms. The molecule has 1 N–H and O–H groups in total. The van der Waals surface area contributed by atoms with Gasteiger partial charge >= 0.3 is 0 Å². The van der Waals surface area contributed by atoms with Gasteiger partial charge in [-0.3, -0.25) is 13.9 Å². The fourth-order valence-electron chi connectivity index (χ4n) is 4.33. The lowest BCUT2D eigenvalue weighted by Gasteiger charge is -2.32. The van der Waals surface area contributed by atoms with Gasteiger partial charge in [0.15, 0.2) is 0 Å². The molecule has 1 fully saturated rings. The van der Waals surface area contributed by atoms with E-state index in [0.717, 1.165) is 41.8 Å². The molecule has 1 saturated carbocycles. The summed E-state index contributed by atoms with van der Waals surface area (Å²) in [5, 5.41) is 3.25. The van der Waals surface area contributed by atoms with Gasteiger partial charge in [0, 0.05) is 12.6 Å². The molecule has 0 unspecified atom stereocenters. The maximum Gasteiger partial charge on any atom is 0.244 e. The van der Waals surface area contributed by atoms with E-state index in [1.165, 1.54) is 30.2 Å². The molecule has 2 amide bonds. The monoisotopic (exact) mass is 551 g/mol. The summed E-state index contributed by atoms with van der Waals surface area (Å²) >= 11 is 6.22. The molecule has 0 aromatic heterocycles. The number of sulfonamides is 1. The van der Waals surface area contributed by atoms with E-state index in [2.05, 4.69) is 5.32 Å². The lowest BCUT2D eigenvalue weighted by Crippen LogP contribution is -2.52. The van der Waals surface area contributed by atoms with Crippen LogP contribution in [-0.4, -0.2) is 64.2 Å². The number of nitrogens with one attached hydrogen (secondary N) is 1. The van der Waals surface area contributed by atoms with E-state index < -0.39 is 28.5 Å². The van der Waals surface area contributed by atoms with Gasteiger partial charge in [0.1, 0.15) is 24.1 Å². The number of hydrogen-bond donors (Lipinski definition) is 1. The van der Waals surface area contributed by atoms with Crippen LogP contribution in [0.5, 0.6) is 11.5 Å². The molecule has 0 spiro atoms. The van der Waals surface area contributed by atoms with Crippen LogP contribution in [0.3, 0.4) is 0 Å². The average molecular weight is 552 g/mol. The van der Waals surface area contributed by atoms with Gasteiger partial charge < -0.3 is 19.7 Å². The molecular weight excluding hydrogens is 518 g/mol. The fraction of sp³-hybridized carbons (Fsp3) is 0.462. The number of ether oxygens (including phenoxy) is 2. The second-order valence-corrected chi connectivity index (χ2v) is 11.4. The first-order valence-electron chi connectivity index (χ1n) is 12.1. The lowest BCUT2D eigenvalue weighted by molar-refractivity contribution is -0.139. The maximum absolute atomic E-state index is 13.6. The smallest absolute Gasteiger partial charge is 0.244 e. The first-order chi connectivity index (χ1) is 17.5. The van der Waals surface area contributed by atoms with Crippen molar-refractivity contribution in [3.05, 3.63) is 53.1 Å². The van der Waals surface area contributed by atoms with Crippen molar-refractivity contribution in [1.82, 2.24) is 10.2 Å². The predicted molar refractivity (Wildman–Crippen MR) is 144 cm³/mol. The first kappa shape index (κ1) is 28.6. The molecule has 9 nitrogen and oxygen atoms in total. The van der Waals surface area contributed by atoms with Crippen molar-refractivity contribution in [2.45, 2.75) is 51.2 Å². The van der Waals surface area contributed by atoms with Crippen LogP contribution in [0.15, 0.2) is 42.5 Å². The normalized spacial score (nSPS) is 14.6. The van der Waals surface area contributed by atoms with Gasteiger partial charge in [-0.15, -0.1) is 0 Å². The molecule has 0 aliphatic heterocycles. The summed E-state index contributed by atoms with van der Waals surface area (Å²) in [6.45, 7) is 1.27. The Morgan fingerprint density at radius 1 is 1.08 bits per heavy atom. The Balaban J connectivity index is 1.89. The van der Waals surface area contributed by atoms with Crippen molar-refractivity contribution in [2.24, 2.45) is 0 Å². The van der Waals surface area contributed by atoms with E-state index in [4.69, 9.17) is 21.1 Å². The highest BCUT2D eigenvalue weighted by atomic mass is 35.5. The van der Waals surface area contributed by atoms with Crippen LogP contribution in [0.4, 0.5) is 5.69 Å². The predicted octanol–water partition coefficient (Wildman–Crippen LogP) is 3.60. The van der Waals surface area contributed by atoms with Gasteiger partial charge in [0.25, 0.3) is 0 Å². The van der Waals surface area contributed by atoms with Crippen LogP contribution in [0.2, 0.25) is 5.02 Å². The molecule has 3 rings (SSSR count). The molecule has 0 heterocycles. The van der Waals surface area contributed by atoms with Crippen molar-refractivity contribution in [1.29, 1.82) is 0 Å². The molecule has 1 aliphatic carbocycles. The van der Waals surface area contributed by atoms with E-state index in [0.29, 0.717) is 11.5 Å². The molecule has 2 aromatic carbocycles. The van der Waals surface area contributed by atoms with Crippen molar-refractivity contribution >= 4 is 39.1 Å². The van der Waals surface area contributed by atoms with Crippen LogP contribution in [0.1, 0.15) is 38.2 Å². The molecule has 37 heavy (non-hydrogen) atoms. The minimum Gasteiger partial charge on any atom is -0.497 e. The number of halogens is 1. The van der Waals surface area contributed by atoms with Crippen molar-refractivity contribution in [3.8, 4) is 11.5 Å². The Morgan fingerprint density at radius 3 is 2.27 bits per heavy atom. The number of anilines is 1. The quantitative estimate of drug-likeness (QED) is 0.457. The molecule has 11 heteroatoms. The molecule has 1 atom stereocenters. The van der Waals surface area contributed by atoms with Crippen LogP contribution in [0.25, 0.3) is 0 Å². The zero-order valence-electron chi connectivity index (χ0n) is 21.6. The van der Waals surface area contributed by atoms with Crippen molar-refractivity contribution in [3.63, 3.8) is 0 Å². The highest BCUT2D eigenvalue weighted by Crippen LogP contribution is 2.30. The number of rotatable bonds is 11. The van der Waals surface area contributed by atoms with E-state index in [1.54, 1.807) is 38.3 Å². The standard InChI is InChI=1S/C26H34ClN3O6S/c1-18(26(32)28-20-7-5-6-8-20)29(16-19-9-12-22(35-2)13-10-19)25(31)17-30(37(4,33)34)21-11-14-24(36-3)23(27)15-21/h9-15,18,20H,5-8,16-17H2,1-4H3,(H,28,32)/t18-/m1/s1. The van der Waals surface area contributed by atoms with Crippen LogP contribution in [-0.2, 0) is 26.2 Å². The van der Waals surface area contributed by atoms with Crippen molar-refractivity contribution in [2.75, 3.05) is 31.3 Å². The summed E-state index contributed by atoms with van der Waals surface area (Å²) in [5.74, 6) is 0.242. The van der Waals surface area contributed by atoms with Gasteiger partial charge in [0.2, 0.25) is 21.8 Å². The highest BCUT2D eigenvalue weighted by Gasteiger charge is 2.31. The highest BCUT2D eigenvalue weighted by molar-refractivity contribution is 7.92. The summed E-state index contributed by atoms with van der Waals surface area (Å²) in [5.41, 5.74) is 0.988. The van der Waals surface area contributed by atoms with Gasteiger partial charge in [0.05, 0.1) is 31.2 Å². The zero-order chi connectivity index (χ0) is 27.2. The third-order valence-corrected chi connectivity index (χ3v) is 7.92. The van der Waals surface area contributed by atoms with Crippen molar-refractivity contribution < 1.29 is 27.5 Å². The number of methoxy groups -OCH3 is 2. The lowest BCUT2D eigenvalue weighted by atomic mass is 10.1. The Kier molecular flexibility index (Phi) is 9.67. The molecule has 1 aliphatic rings. The SMILES string of the molecule is COc1ccc(CN(C(=O)CN(c2ccc(OC)c(Cl)c2)S(C)(=O)=O)[C@H](C)C(=O)NC2CCCC2)cc1. The summed E-state index contributed by atoms with van der Waals surface area (Å²) in [7, 11) is -0.847. The largest absolute Gasteiger partial charge is 0.497 e. The second kappa shape index (κ2) is 12.5. The van der Waals surface area contributed by atoms with E-state index >= 15 is 0 Å². The maximum atomic E-state index is 13.6. The Labute approximate surface area is 223 Å². The van der Waals surface area contributed by atoms with Gasteiger partial charge in [-0.2, -0.15) is 0 Å². The Morgan fingerprint density at radius 2 is 1.73 bits per heavy atom. The van der Waals surface area contributed by atoms with E-state index in [1.807, 2.05) is 0 Å². The van der Waals surface area contributed by atoms with E-state index in [9.17, 15) is 18.0 Å². The number of amides is 2. The summed E-state index contributed by atoms with van der Waals surface area (Å²) in [6, 6.07) is 10.9. The zero-order valence-corrected chi connectivity index (χ0v) is 23.1. The van der Waals surface area contributed by atoms with Gasteiger partial charge in [-0.25, -0.2) is 8.42 Å². The number of carbonyl (C=O) groups excluding carboxylic acids is 2. The molecular formula is C26H34ClN3O6S. The number of carbonyl (C=O) groups is 2. The minimum absolute atomic E-state index is 0.0850. The van der Waals surface area contributed by atoms with Crippen LogP contribution in [0, 0.1) is 0 Å². The Hall–Kier alpha value is -2.98. The number of nitrogens with zero attached hydrogens (tertiary/aromatic N) is 2. The number of benzene rings is 2. The topological polar surface area (TPSA) is 105 Å². The molecule has 202 valence electrons. The third kappa shape index (κ3) is 7.52. The van der Waals surface area contributed by atoms with Gasteiger partial charge in [-0.05, 0) is 55.7 Å². The summed E-state index contributed by atoms with van der Waals surface area (Å²) < 4.78 is 36.7. The first-order valence-corrected chi connectivity index (χ1v) is 14.3. The van der Waals surface area contributed by atoms with Crippen LogP contribution < -0.4 is 19.1 Å². The van der Waals surface area contributed by atoms with Gasteiger partial charge in [-0.1, -0.05) is 36.6 Å². The van der Waals surface area contributed by atoms with Crippen LogP contribution >= 0.6 is 11.6 Å². The molecule has 0 saturated heterocycles. The summed E-state index contributed by atoms with van der Waals surface area (Å²) in [4.78, 5) is 28.2. The minimum atomic E-state index is -3.86. The summed E-state index contributed by atoms with van der Waals surface area (Å²) in [6.07, 6.45) is 4.95. The second-order valence-electron chi connectivity index (χ2n) is 9.12. The van der Waals surface area contributed by atoms with E-state index in [-0.39, 0.29) is 29.2 Å². The molecule has 0 radical (unpaired) electrons. The Bertz CT molecular complexity index is 1200. The third-order valence-electron chi connectivity index (χ3n) is 6.48. The number of hydrogen-bond acceptors (Lipinski definition) is 6. The molecule has 2 aromatic rings. The fourth-order valence-corrected chi connectivity index (χ4v) is 5.42. The average Bonchev–Trinajstić information content (AvgIpc) is 3.38.